The fraction of sp³-hybridized carbons (Fsp3) is 0.500. The fourth-order valence-electron chi connectivity index (χ4n) is 1.51. The van der Waals surface area contributed by atoms with Gasteiger partial charge < -0.3 is 15.7 Å². The number of nitrogens with one attached hydrogen (secondary N) is 2. The van der Waals surface area contributed by atoms with Gasteiger partial charge >= 0.3 is 6.18 Å². The summed E-state index contributed by atoms with van der Waals surface area (Å²) in [7, 11) is 0. The summed E-state index contributed by atoms with van der Waals surface area (Å²) in [6, 6.07) is 0.318. The fourth-order valence-corrected chi connectivity index (χ4v) is 1.87. The van der Waals surface area contributed by atoms with Gasteiger partial charge in [0.05, 0.1) is 17.5 Å². The smallest absolute Gasteiger partial charge is 0.388 e. The number of alkyl halides is 3. The average molecular weight is 370 g/mol. The molecule has 0 saturated heterocycles. The van der Waals surface area contributed by atoms with Crippen molar-refractivity contribution < 1.29 is 23.1 Å². The Bertz CT molecular complexity index is 503. The van der Waals surface area contributed by atoms with Gasteiger partial charge in [-0.1, -0.05) is 0 Å². The number of nitrogens with zero attached hydrogens (tertiary/aromatic N) is 1. The van der Waals surface area contributed by atoms with Crippen molar-refractivity contribution in [3.8, 4) is 0 Å². The molecule has 0 radical (unpaired) electrons. The summed E-state index contributed by atoms with van der Waals surface area (Å²) in [5, 5.41) is 14.4. The van der Waals surface area contributed by atoms with Gasteiger partial charge in [-0.15, -0.1) is 0 Å². The number of hydrogen-bond acceptors (Lipinski definition) is 4. The van der Waals surface area contributed by atoms with Gasteiger partial charge in [0.1, 0.15) is 12.6 Å². The van der Waals surface area contributed by atoms with Crippen LogP contribution in [0.25, 0.3) is 0 Å². The van der Waals surface area contributed by atoms with Crippen LogP contribution >= 0.6 is 15.9 Å². The molecule has 0 fully saturated rings. The van der Waals surface area contributed by atoms with E-state index in [0.717, 1.165) is 0 Å². The zero-order chi connectivity index (χ0) is 16.3. The van der Waals surface area contributed by atoms with E-state index in [-0.39, 0.29) is 0 Å². The Labute approximate surface area is 128 Å². The molecule has 9 heteroatoms. The van der Waals surface area contributed by atoms with Gasteiger partial charge in [0.2, 0.25) is 5.91 Å². The molecule has 0 saturated carbocycles. The Morgan fingerprint density at radius 2 is 2.05 bits per heavy atom. The van der Waals surface area contributed by atoms with E-state index in [2.05, 4.69) is 26.2 Å². The molecule has 1 atom stereocenters. The van der Waals surface area contributed by atoms with E-state index in [1.807, 2.05) is 0 Å². The molecule has 1 amide bonds. The molecular weight excluding hydrogens is 355 g/mol. The van der Waals surface area contributed by atoms with E-state index in [1.165, 1.54) is 26.2 Å². The summed E-state index contributed by atoms with van der Waals surface area (Å²) < 4.78 is 37.0. The first-order valence-electron chi connectivity index (χ1n) is 5.93. The van der Waals surface area contributed by atoms with Crippen LogP contribution in [0.3, 0.4) is 0 Å². The number of halogens is 4. The molecule has 1 aromatic rings. The lowest BCUT2D eigenvalue weighted by Crippen LogP contribution is -2.53. The maximum absolute atomic E-state index is 12.1. The van der Waals surface area contributed by atoms with E-state index in [1.54, 1.807) is 11.4 Å². The number of carbonyl (C=O) groups is 1. The minimum atomic E-state index is -4.52. The SMILES string of the molecule is CC(C)(O)[C@@H](Nc1cncc(Br)c1)C(=O)NCC(F)(F)F. The Balaban J connectivity index is 2.84. The van der Waals surface area contributed by atoms with Crippen molar-refractivity contribution >= 4 is 27.5 Å². The van der Waals surface area contributed by atoms with Gasteiger partial charge in [-0.3, -0.25) is 9.78 Å². The minimum absolute atomic E-state index is 0.388. The molecule has 0 aliphatic rings. The van der Waals surface area contributed by atoms with Crippen molar-refractivity contribution in [3.63, 3.8) is 0 Å². The normalized spacial score (nSPS) is 13.7. The first-order chi connectivity index (χ1) is 9.49. The first-order valence-corrected chi connectivity index (χ1v) is 6.72. The third kappa shape index (κ3) is 6.30. The van der Waals surface area contributed by atoms with E-state index in [0.29, 0.717) is 10.2 Å². The quantitative estimate of drug-likeness (QED) is 0.742. The molecule has 1 aromatic heterocycles. The van der Waals surface area contributed by atoms with Crippen LogP contribution in [0, 0.1) is 0 Å². The van der Waals surface area contributed by atoms with Crippen molar-refractivity contribution in [2.75, 3.05) is 11.9 Å². The molecule has 0 bridgehead atoms. The molecule has 0 aliphatic heterocycles. The Morgan fingerprint density at radius 1 is 1.43 bits per heavy atom. The zero-order valence-corrected chi connectivity index (χ0v) is 12.9. The molecule has 0 aliphatic carbocycles. The second-order valence-electron chi connectivity index (χ2n) is 4.96. The third-order valence-corrected chi connectivity index (χ3v) is 2.88. The van der Waals surface area contributed by atoms with Crippen LogP contribution in [0.4, 0.5) is 18.9 Å². The highest BCUT2D eigenvalue weighted by atomic mass is 79.9. The summed E-state index contributed by atoms with van der Waals surface area (Å²) in [6.07, 6.45) is -1.62. The van der Waals surface area contributed by atoms with Crippen LogP contribution < -0.4 is 10.6 Å². The third-order valence-electron chi connectivity index (χ3n) is 2.45. The molecule has 5 nitrogen and oxygen atoms in total. The molecule has 1 rings (SSSR count). The summed E-state index contributed by atoms with van der Waals surface area (Å²) in [5.74, 6) is -0.959. The molecule has 0 spiro atoms. The highest BCUT2D eigenvalue weighted by Crippen LogP contribution is 2.19. The summed E-state index contributed by atoms with van der Waals surface area (Å²) in [4.78, 5) is 15.7. The molecular formula is C12H15BrF3N3O2. The van der Waals surface area contributed by atoms with Crippen LogP contribution in [-0.2, 0) is 4.79 Å². The van der Waals surface area contributed by atoms with E-state index >= 15 is 0 Å². The maximum atomic E-state index is 12.1. The predicted molar refractivity (Wildman–Crippen MR) is 74.7 cm³/mol. The molecule has 118 valence electrons. The topological polar surface area (TPSA) is 74.2 Å². The number of hydrogen-bond donors (Lipinski definition) is 3. The Kier molecular flexibility index (Phi) is 5.57. The zero-order valence-electron chi connectivity index (χ0n) is 11.3. The summed E-state index contributed by atoms with van der Waals surface area (Å²) in [5.41, 5.74) is -1.18. The van der Waals surface area contributed by atoms with Crippen molar-refractivity contribution in [1.82, 2.24) is 10.3 Å². The van der Waals surface area contributed by atoms with Crippen molar-refractivity contribution in [1.29, 1.82) is 0 Å². The minimum Gasteiger partial charge on any atom is -0.388 e. The van der Waals surface area contributed by atoms with Crippen LogP contribution in [-0.4, -0.2) is 40.4 Å². The molecule has 3 N–H and O–H groups in total. The highest BCUT2D eigenvalue weighted by Gasteiger charge is 2.36. The van der Waals surface area contributed by atoms with Crippen molar-refractivity contribution in [3.05, 3.63) is 22.9 Å². The monoisotopic (exact) mass is 369 g/mol. The standard InChI is InChI=1S/C12H15BrF3N3O2/c1-11(2,21)9(10(20)18-6-12(14,15)16)19-8-3-7(13)4-17-5-8/h3-5,9,19,21H,6H2,1-2H3,(H,18,20)/t9-/m0/s1. The molecule has 1 heterocycles. The van der Waals surface area contributed by atoms with Crippen LogP contribution in [0.1, 0.15) is 13.8 Å². The lowest BCUT2D eigenvalue weighted by molar-refractivity contribution is -0.141. The van der Waals surface area contributed by atoms with Gasteiger partial charge in [0, 0.05) is 10.7 Å². The lowest BCUT2D eigenvalue weighted by atomic mass is 9.97. The van der Waals surface area contributed by atoms with Crippen molar-refractivity contribution in [2.45, 2.75) is 31.7 Å². The van der Waals surface area contributed by atoms with Crippen LogP contribution in [0.2, 0.25) is 0 Å². The van der Waals surface area contributed by atoms with Gasteiger partial charge in [-0.2, -0.15) is 13.2 Å². The number of aromatic nitrogens is 1. The van der Waals surface area contributed by atoms with Crippen molar-refractivity contribution in [2.24, 2.45) is 0 Å². The molecule has 21 heavy (non-hydrogen) atoms. The van der Waals surface area contributed by atoms with E-state index < -0.39 is 30.3 Å². The lowest BCUT2D eigenvalue weighted by Gasteiger charge is -2.30. The van der Waals surface area contributed by atoms with Crippen LogP contribution in [0.5, 0.6) is 0 Å². The molecule has 0 aromatic carbocycles. The summed E-state index contributed by atoms with van der Waals surface area (Å²) >= 11 is 3.18. The largest absolute Gasteiger partial charge is 0.405 e. The number of carbonyl (C=O) groups excluding carboxylic acids is 1. The van der Waals surface area contributed by atoms with Gasteiger partial charge in [-0.25, -0.2) is 0 Å². The van der Waals surface area contributed by atoms with E-state index in [4.69, 9.17) is 0 Å². The van der Waals surface area contributed by atoms with Crippen LogP contribution in [0.15, 0.2) is 22.9 Å². The number of pyridine rings is 1. The summed E-state index contributed by atoms with van der Waals surface area (Å²) in [6.45, 7) is 1.18. The second-order valence-corrected chi connectivity index (χ2v) is 5.87. The first kappa shape index (κ1) is 17.7. The van der Waals surface area contributed by atoms with Gasteiger partial charge in [-0.05, 0) is 35.8 Å². The Hall–Kier alpha value is -1.35. The number of amides is 1. The van der Waals surface area contributed by atoms with Gasteiger partial charge in [0.25, 0.3) is 0 Å². The molecule has 0 unspecified atom stereocenters. The predicted octanol–water partition coefficient (Wildman–Crippen LogP) is 2.07. The number of aliphatic hydroxyl groups is 1. The number of anilines is 1. The van der Waals surface area contributed by atoms with Gasteiger partial charge in [0.15, 0.2) is 0 Å². The Morgan fingerprint density at radius 3 is 2.52 bits per heavy atom. The highest BCUT2D eigenvalue weighted by molar-refractivity contribution is 9.10. The van der Waals surface area contributed by atoms with E-state index in [9.17, 15) is 23.1 Å². The maximum Gasteiger partial charge on any atom is 0.405 e. The second kappa shape index (κ2) is 6.61. The average Bonchev–Trinajstić information content (AvgIpc) is 2.31. The number of rotatable bonds is 5.